The number of nitrogens with zero attached hydrogens (tertiary/aromatic N) is 1. The highest BCUT2D eigenvalue weighted by Crippen LogP contribution is 2.33. The Bertz CT molecular complexity index is 1350. The van der Waals surface area contributed by atoms with Gasteiger partial charge >= 0.3 is 5.97 Å². The topological polar surface area (TPSA) is 76.4 Å². The second kappa shape index (κ2) is 6.45. The van der Waals surface area contributed by atoms with Gasteiger partial charge in [0, 0.05) is 16.5 Å². The molecule has 0 unspecified atom stereocenters. The van der Waals surface area contributed by atoms with E-state index in [1.165, 1.54) is 24.3 Å². The Hall–Kier alpha value is -3.19. The van der Waals surface area contributed by atoms with Gasteiger partial charge in [-0.05, 0) is 42.1 Å². The van der Waals surface area contributed by atoms with E-state index in [-0.39, 0.29) is 27.1 Å². The summed E-state index contributed by atoms with van der Waals surface area (Å²) >= 11 is 0. The summed E-state index contributed by atoms with van der Waals surface area (Å²) in [5.74, 6) is -1.67. The van der Waals surface area contributed by atoms with Gasteiger partial charge in [-0.25, -0.2) is 16.8 Å². The minimum atomic E-state index is -4.05. The molecule has 0 spiro atoms. The fourth-order valence-corrected chi connectivity index (χ4v) is 5.43. The molecule has 0 saturated carbocycles. The Morgan fingerprint density at radius 1 is 1.04 bits per heavy atom. The average Bonchev–Trinajstić information content (AvgIpc) is 2.92. The summed E-state index contributed by atoms with van der Waals surface area (Å²) in [5, 5.41) is 10.9. The first-order valence-corrected chi connectivity index (χ1v) is 9.99. The molecule has 0 saturated heterocycles. The third-order valence-electron chi connectivity index (χ3n) is 4.84. The van der Waals surface area contributed by atoms with E-state index in [2.05, 4.69) is 0 Å². The number of fused-ring (bicyclic) bond motifs is 2. The first-order valence-electron chi connectivity index (χ1n) is 8.55. The van der Waals surface area contributed by atoms with Gasteiger partial charge in [0.2, 0.25) is 0 Å². The molecule has 4 rings (SSSR count). The maximum absolute atomic E-state index is 13.8. The van der Waals surface area contributed by atoms with E-state index < -0.39 is 28.2 Å². The standard InChI is InChI=1S/C21H16FNO4S/c1-13-17(12-21(24)25)18-11-15(22)9-10-19(18)23(13)28(26,27)20-8-4-6-14-5-2-3-7-16(14)20/h2-11H,12H2,1H3,(H,24,25). The molecule has 5 nitrogen and oxygen atoms in total. The molecule has 28 heavy (non-hydrogen) atoms. The molecule has 0 aliphatic rings. The third kappa shape index (κ3) is 2.75. The molecule has 3 aromatic carbocycles. The normalized spacial score (nSPS) is 11.9. The van der Waals surface area contributed by atoms with Crippen molar-refractivity contribution in [2.45, 2.75) is 18.2 Å². The molecule has 1 heterocycles. The molecule has 4 aromatic rings. The first-order chi connectivity index (χ1) is 13.3. The van der Waals surface area contributed by atoms with Crippen LogP contribution in [0.4, 0.5) is 4.39 Å². The fraction of sp³-hybridized carbons (Fsp3) is 0.0952. The van der Waals surface area contributed by atoms with E-state index in [4.69, 9.17) is 0 Å². The molecular formula is C21H16FNO4S. The van der Waals surface area contributed by atoms with Gasteiger partial charge in [0.25, 0.3) is 10.0 Å². The van der Waals surface area contributed by atoms with Gasteiger partial charge in [0.1, 0.15) is 5.82 Å². The monoisotopic (exact) mass is 397 g/mol. The number of rotatable bonds is 4. The van der Waals surface area contributed by atoms with Gasteiger partial charge in [-0.1, -0.05) is 36.4 Å². The largest absolute Gasteiger partial charge is 0.481 e. The molecule has 0 aliphatic carbocycles. The minimum absolute atomic E-state index is 0.108. The SMILES string of the molecule is Cc1c(CC(=O)O)c2cc(F)ccc2n1S(=O)(=O)c1cccc2ccccc12. The summed E-state index contributed by atoms with van der Waals surface area (Å²) in [6.45, 7) is 1.54. The van der Waals surface area contributed by atoms with Crippen molar-refractivity contribution in [3.8, 4) is 0 Å². The van der Waals surface area contributed by atoms with Crippen molar-refractivity contribution in [3.05, 3.63) is 77.7 Å². The highest BCUT2D eigenvalue weighted by atomic mass is 32.2. The summed E-state index contributed by atoms with van der Waals surface area (Å²) in [7, 11) is -4.05. The molecule has 0 amide bonds. The maximum atomic E-state index is 13.8. The molecule has 0 radical (unpaired) electrons. The number of hydrogen-bond acceptors (Lipinski definition) is 3. The summed E-state index contributed by atoms with van der Waals surface area (Å²) < 4.78 is 42.1. The van der Waals surface area contributed by atoms with Gasteiger partial charge < -0.3 is 5.11 Å². The van der Waals surface area contributed by atoms with Crippen LogP contribution in [0.1, 0.15) is 11.3 Å². The molecule has 0 fully saturated rings. The zero-order chi connectivity index (χ0) is 20.1. The smallest absolute Gasteiger partial charge is 0.307 e. The van der Waals surface area contributed by atoms with E-state index in [1.807, 2.05) is 18.2 Å². The number of halogens is 1. The number of carboxylic acid groups (broad SMARTS) is 1. The van der Waals surface area contributed by atoms with Gasteiger partial charge in [0.15, 0.2) is 0 Å². The number of aliphatic carboxylic acids is 1. The van der Waals surface area contributed by atoms with Crippen molar-refractivity contribution in [2.75, 3.05) is 0 Å². The van der Waals surface area contributed by atoms with Crippen molar-refractivity contribution in [3.63, 3.8) is 0 Å². The Balaban J connectivity index is 2.08. The van der Waals surface area contributed by atoms with Crippen molar-refractivity contribution >= 4 is 37.7 Å². The Kier molecular flexibility index (Phi) is 4.19. The number of carboxylic acids is 1. The average molecular weight is 397 g/mol. The van der Waals surface area contributed by atoms with Crippen LogP contribution in [-0.2, 0) is 21.2 Å². The van der Waals surface area contributed by atoms with Crippen molar-refractivity contribution < 1.29 is 22.7 Å². The van der Waals surface area contributed by atoms with Crippen LogP contribution in [0.25, 0.3) is 21.7 Å². The van der Waals surface area contributed by atoms with Crippen LogP contribution < -0.4 is 0 Å². The first kappa shape index (κ1) is 18.2. The lowest BCUT2D eigenvalue weighted by molar-refractivity contribution is -0.136. The highest BCUT2D eigenvalue weighted by molar-refractivity contribution is 7.90. The van der Waals surface area contributed by atoms with Crippen molar-refractivity contribution in [1.82, 2.24) is 3.97 Å². The number of aromatic nitrogens is 1. The van der Waals surface area contributed by atoms with Crippen LogP contribution in [0, 0.1) is 12.7 Å². The summed E-state index contributed by atoms with van der Waals surface area (Å²) in [4.78, 5) is 11.4. The Morgan fingerprint density at radius 2 is 1.75 bits per heavy atom. The molecule has 1 aromatic heterocycles. The lowest BCUT2D eigenvalue weighted by atomic mass is 10.1. The van der Waals surface area contributed by atoms with Gasteiger partial charge in [0.05, 0.1) is 16.8 Å². The molecule has 0 aliphatic heterocycles. The van der Waals surface area contributed by atoms with Crippen LogP contribution in [-0.4, -0.2) is 23.5 Å². The fourth-order valence-electron chi connectivity index (χ4n) is 3.63. The summed E-state index contributed by atoms with van der Waals surface area (Å²) in [6.07, 6.45) is -0.399. The summed E-state index contributed by atoms with van der Waals surface area (Å²) in [5.41, 5.74) is 0.796. The van der Waals surface area contributed by atoms with Crippen LogP contribution in [0.15, 0.2) is 65.6 Å². The van der Waals surface area contributed by atoms with Crippen molar-refractivity contribution in [1.29, 1.82) is 0 Å². The molecule has 7 heteroatoms. The van der Waals surface area contributed by atoms with Gasteiger partial charge in [-0.2, -0.15) is 0 Å². The minimum Gasteiger partial charge on any atom is -0.481 e. The maximum Gasteiger partial charge on any atom is 0.307 e. The number of carbonyl (C=O) groups is 1. The molecule has 142 valence electrons. The second-order valence-electron chi connectivity index (χ2n) is 6.54. The van der Waals surface area contributed by atoms with Crippen molar-refractivity contribution in [2.24, 2.45) is 0 Å². The predicted molar refractivity (Wildman–Crippen MR) is 105 cm³/mol. The van der Waals surface area contributed by atoms with E-state index in [0.29, 0.717) is 5.39 Å². The second-order valence-corrected chi connectivity index (χ2v) is 8.30. The van der Waals surface area contributed by atoms with E-state index in [9.17, 15) is 22.7 Å². The van der Waals surface area contributed by atoms with Gasteiger partial charge in [-0.3, -0.25) is 4.79 Å². The Morgan fingerprint density at radius 3 is 2.50 bits per heavy atom. The summed E-state index contributed by atoms with van der Waals surface area (Å²) in [6, 6.07) is 15.8. The molecule has 0 atom stereocenters. The van der Waals surface area contributed by atoms with Crippen LogP contribution in [0.3, 0.4) is 0 Å². The quantitative estimate of drug-likeness (QED) is 0.562. The zero-order valence-electron chi connectivity index (χ0n) is 14.9. The molecule has 0 bridgehead atoms. The molecular weight excluding hydrogens is 381 g/mol. The molecule has 1 N–H and O–H groups in total. The lowest BCUT2D eigenvalue weighted by Crippen LogP contribution is -2.15. The predicted octanol–water partition coefficient (Wildman–Crippen LogP) is 4.11. The highest BCUT2D eigenvalue weighted by Gasteiger charge is 2.27. The zero-order valence-corrected chi connectivity index (χ0v) is 15.7. The van der Waals surface area contributed by atoms with Gasteiger partial charge in [-0.15, -0.1) is 0 Å². The Labute approximate surface area is 160 Å². The number of hydrogen-bond donors (Lipinski definition) is 1. The number of benzene rings is 3. The van der Waals surface area contributed by atoms with Crippen LogP contribution in [0.2, 0.25) is 0 Å². The van der Waals surface area contributed by atoms with Crippen LogP contribution >= 0.6 is 0 Å². The lowest BCUT2D eigenvalue weighted by Gasteiger charge is -2.12. The van der Waals surface area contributed by atoms with Crippen LogP contribution in [0.5, 0.6) is 0 Å². The van der Waals surface area contributed by atoms with E-state index in [0.717, 1.165) is 9.36 Å². The van der Waals surface area contributed by atoms with E-state index >= 15 is 0 Å². The van der Waals surface area contributed by atoms with E-state index in [1.54, 1.807) is 25.1 Å². The third-order valence-corrected chi connectivity index (χ3v) is 6.70.